The van der Waals surface area contributed by atoms with Crippen LogP contribution < -0.4 is 10.2 Å². The quantitative estimate of drug-likeness (QED) is 0.801. The molecule has 0 aromatic carbocycles. The summed E-state index contributed by atoms with van der Waals surface area (Å²) in [6, 6.07) is 5.04. The second kappa shape index (κ2) is 5.66. The number of rotatable bonds is 4. The number of amides is 2. The first-order chi connectivity index (χ1) is 9.10. The number of carbonyl (C=O) groups excluding carboxylic acids is 2. The first-order valence-electron chi connectivity index (χ1n) is 5.89. The lowest BCUT2D eigenvalue weighted by molar-refractivity contribution is -0.119. The van der Waals surface area contributed by atoms with Crippen LogP contribution in [0.4, 0.5) is 10.6 Å². The van der Waals surface area contributed by atoms with E-state index >= 15 is 0 Å². The van der Waals surface area contributed by atoms with Crippen molar-refractivity contribution in [1.82, 2.24) is 10.3 Å². The smallest absolute Gasteiger partial charge is 0.416 e. The van der Waals surface area contributed by atoms with E-state index in [-0.39, 0.29) is 19.1 Å². The summed E-state index contributed by atoms with van der Waals surface area (Å²) in [4.78, 5) is 28.1. The highest BCUT2D eigenvalue weighted by Gasteiger charge is 2.33. The molecule has 0 saturated carbocycles. The van der Waals surface area contributed by atoms with Crippen LogP contribution in [0.25, 0.3) is 0 Å². The third kappa shape index (κ3) is 3.19. The molecule has 0 unspecified atom stereocenters. The number of carbonyl (C=O) groups is 2. The van der Waals surface area contributed by atoms with E-state index in [0.717, 1.165) is 0 Å². The molecule has 2 rings (SSSR count). The SMILES string of the molecule is CC(=O)NC[C@H]1CN(c2cccc(CO)n2)C(=O)O1. The Balaban J connectivity index is 2.04. The van der Waals surface area contributed by atoms with E-state index in [9.17, 15) is 9.59 Å². The van der Waals surface area contributed by atoms with E-state index in [1.807, 2.05) is 0 Å². The van der Waals surface area contributed by atoms with Crippen LogP contribution in [0.5, 0.6) is 0 Å². The molecule has 0 radical (unpaired) electrons. The first-order valence-corrected chi connectivity index (χ1v) is 5.89. The first kappa shape index (κ1) is 13.3. The van der Waals surface area contributed by atoms with Gasteiger partial charge in [0.05, 0.1) is 25.4 Å². The van der Waals surface area contributed by atoms with Gasteiger partial charge >= 0.3 is 6.09 Å². The lowest BCUT2D eigenvalue weighted by Crippen LogP contribution is -2.33. The van der Waals surface area contributed by atoms with Gasteiger partial charge in [-0.15, -0.1) is 0 Å². The predicted octanol–water partition coefficient (Wildman–Crippen LogP) is 0.0352. The van der Waals surface area contributed by atoms with Gasteiger partial charge < -0.3 is 15.2 Å². The Bertz CT molecular complexity index is 492. The molecule has 1 fully saturated rings. The number of hydrogen-bond donors (Lipinski definition) is 2. The van der Waals surface area contributed by atoms with Crippen molar-refractivity contribution in [2.45, 2.75) is 19.6 Å². The number of ether oxygens (including phenoxy) is 1. The number of aliphatic hydroxyl groups excluding tert-OH is 1. The molecule has 102 valence electrons. The van der Waals surface area contributed by atoms with Gasteiger partial charge in [0.1, 0.15) is 11.9 Å². The molecule has 2 heterocycles. The fourth-order valence-corrected chi connectivity index (χ4v) is 1.78. The summed E-state index contributed by atoms with van der Waals surface area (Å²) in [5, 5.41) is 11.6. The van der Waals surface area contributed by atoms with Crippen LogP contribution in [0.1, 0.15) is 12.6 Å². The maximum atomic E-state index is 11.7. The van der Waals surface area contributed by atoms with Crippen molar-refractivity contribution in [3.05, 3.63) is 23.9 Å². The fraction of sp³-hybridized carbons (Fsp3) is 0.417. The van der Waals surface area contributed by atoms with Gasteiger partial charge in [0.25, 0.3) is 0 Å². The third-order valence-electron chi connectivity index (χ3n) is 2.68. The molecule has 7 heteroatoms. The van der Waals surface area contributed by atoms with Crippen molar-refractivity contribution in [2.24, 2.45) is 0 Å². The Morgan fingerprint density at radius 1 is 1.63 bits per heavy atom. The zero-order valence-electron chi connectivity index (χ0n) is 10.5. The minimum absolute atomic E-state index is 0.171. The van der Waals surface area contributed by atoms with Gasteiger partial charge in [0.15, 0.2) is 0 Å². The number of hydrogen-bond acceptors (Lipinski definition) is 5. The molecule has 1 saturated heterocycles. The lowest BCUT2D eigenvalue weighted by atomic mass is 10.3. The van der Waals surface area contributed by atoms with Gasteiger partial charge in [0, 0.05) is 6.92 Å². The molecule has 2 amide bonds. The zero-order chi connectivity index (χ0) is 13.8. The van der Waals surface area contributed by atoms with Crippen LogP contribution in [0.15, 0.2) is 18.2 Å². The van der Waals surface area contributed by atoms with Crippen molar-refractivity contribution < 1.29 is 19.4 Å². The van der Waals surface area contributed by atoms with Crippen molar-refractivity contribution in [2.75, 3.05) is 18.0 Å². The van der Waals surface area contributed by atoms with E-state index < -0.39 is 12.2 Å². The van der Waals surface area contributed by atoms with E-state index in [0.29, 0.717) is 18.1 Å². The van der Waals surface area contributed by atoms with Gasteiger partial charge in [-0.05, 0) is 12.1 Å². The molecule has 1 atom stereocenters. The lowest BCUT2D eigenvalue weighted by Gasteiger charge is -2.12. The maximum absolute atomic E-state index is 11.7. The van der Waals surface area contributed by atoms with E-state index in [1.54, 1.807) is 18.2 Å². The largest absolute Gasteiger partial charge is 0.442 e. The summed E-state index contributed by atoms with van der Waals surface area (Å²) in [5.41, 5.74) is 0.482. The average Bonchev–Trinajstić information content (AvgIpc) is 2.78. The van der Waals surface area contributed by atoms with Crippen molar-refractivity contribution in [3.8, 4) is 0 Å². The molecule has 7 nitrogen and oxygen atoms in total. The number of aliphatic hydroxyl groups is 1. The summed E-state index contributed by atoms with van der Waals surface area (Å²) in [7, 11) is 0. The van der Waals surface area contributed by atoms with Gasteiger partial charge in [-0.1, -0.05) is 6.07 Å². The molecule has 0 bridgehead atoms. The highest BCUT2D eigenvalue weighted by molar-refractivity contribution is 5.88. The van der Waals surface area contributed by atoms with Crippen LogP contribution in [0.3, 0.4) is 0 Å². The molecule has 0 spiro atoms. The van der Waals surface area contributed by atoms with Crippen molar-refractivity contribution in [3.63, 3.8) is 0 Å². The topological polar surface area (TPSA) is 91.8 Å². The van der Waals surface area contributed by atoms with Gasteiger partial charge in [-0.25, -0.2) is 9.78 Å². The summed E-state index contributed by atoms with van der Waals surface area (Å²) in [6.45, 7) is 1.81. The molecule has 1 aromatic heterocycles. The molecule has 0 aliphatic carbocycles. The Labute approximate surface area is 110 Å². The number of cyclic esters (lactones) is 1. The Hall–Kier alpha value is -2.15. The normalized spacial score (nSPS) is 18.3. The maximum Gasteiger partial charge on any atom is 0.416 e. The molecule has 1 aliphatic rings. The van der Waals surface area contributed by atoms with Gasteiger partial charge in [-0.3, -0.25) is 9.69 Å². The molecule has 1 aromatic rings. The Morgan fingerprint density at radius 3 is 3.11 bits per heavy atom. The third-order valence-corrected chi connectivity index (χ3v) is 2.68. The fourth-order valence-electron chi connectivity index (χ4n) is 1.78. The predicted molar refractivity (Wildman–Crippen MR) is 66.5 cm³/mol. The zero-order valence-corrected chi connectivity index (χ0v) is 10.5. The van der Waals surface area contributed by atoms with Crippen LogP contribution in [0, 0.1) is 0 Å². The Morgan fingerprint density at radius 2 is 2.42 bits per heavy atom. The van der Waals surface area contributed by atoms with Crippen molar-refractivity contribution in [1.29, 1.82) is 0 Å². The molecular weight excluding hydrogens is 250 g/mol. The van der Waals surface area contributed by atoms with Crippen LogP contribution in [-0.4, -0.2) is 41.3 Å². The standard InChI is InChI=1S/C12H15N3O4/c1-8(17)13-5-10-6-15(12(18)19-10)11-4-2-3-9(7-16)14-11/h2-4,10,16H,5-7H2,1H3,(H,13,17)/t10-/m0/s1. The number of nitrogens with zero attached hydrogens (tertiary/aromatic N) is 2. The van der Waals surface area contributed by atoms with Crippen LogP contribution in [-0.2, 0) is 16.1 Å². The van der Waals surface area contributed by atoms with Gasteiger partial charge in [0.2, 0.25) is 5.91 Å². The average molecular weight is 265 g/mol. The number of nitrogens with one attached hydrogen (secondary N) is 1. The minimum Gasteiger partial charge on any atom is -0.442 e. The second-order valence-corrected chi connectivity index (χ2v) is 4.20. The van der Waals surface area contributed by atoms with Crippen LogP contribution in [0.2, 0.25) is 0 Å². The van der Waals surface area contributed by atoms with E-state index in [4.69, 9.17) is 9.84 Å². The number of anilines is 1. The highest BCUT2D eigenvalue weighted by Crippen LogP contribution is 2.19. The minimum atomic E-state index is -0.502. The summed E-state index contributed by atoms with van der Waals surface area (Å²) >= 11 is 0. The number of aromatic nitrogens is 1. The summed E-state index contributed by atoms with van der Waals surface area (Å²) < 4.78 is 5.12. The molecule has 19 heavy (non-hydrogen) atoms. The highest BCUT2D eigenvalue weighted by atomic mass is 16.6. The molecule has 1 aliphatic heterocycles. The molecular formula is C12H15N3O4. The summed E-state index contributed by atoms with van der Waals surface area (Å²) in [6.07, 6.45) is -0.895. The monoisotopic (exact) mass is 265 g/mol. The summed E-state index contributed by atoms with van der Waals surface area (Å²) in [5.74, 6) is 0.261. The molecule has 2 N–H and O–H groups in total. The Kier molecular flexibility index (Phi) is 3.96. The van der Waals surface area contributed by atoms with E-state index in [1.165, 1.54) is 11.8 Å². The van der Waals surface area contributed by atoms with Crippen LogP contribution >= 0.6 is 0 Å². The van der Waals surface area contributed by atoms with Gasteiger partial charge in [-0.2, -0.15) is 0 Å². The van der Waals surface area contributed by atoms with E-state index in [2.05, 4.69) is 10.3 Å². The number of pyridine rings is 1. The van der Waals surface area contributed by atoms with Crippen molar-refractivity contribution >= 4 is 17.8 Å². The second-order valence-electron chi connectivity index (χ2n) is 4.20.